The van der Waals surface area contributed by atoms with Gasteiger partial charge in [0.05, 0.1) is 11.1 Å². The second kappa shape index (κ2) is 39.2. The Labute approximate surface area is 790 Å². The molecule has 16 rings (SSSR count). The van der Waals surface area contributed by atoms with Crippen LogP contribution in [0.25, 0.3) is 0 Å². The lowest BCUT2D eigenvalue weighted by molar-refractivity contribution is 0.0721. The van der Waals surface area contributed by atoms with Gasteiger partial charge in [0, 0.05) is 43.3 Å². The maximum atomic E-state index is 14.5. The van der Waals surface area contributed by atoms with Crippen LogP contribution < -0.4 is 28.4 Å². The van der Waals surface area contributed by atoms with Crippen LogP contribution in [-0.4, -0.2) is 23.9 Å². The van der Waals surface area contributed by atoms with E-state index >= 15 is 0 Å². The van der Waals surface area contributed by atoms with Crippen LogP contribution in [0.15, 0.2) is 413 Å². The van der Waals surface area contributed by atoms with Gasteiger partial charge in [-0.1, -0.05) is 402 Å². The molecule has 0 heterocycles. The van der Waals surface area contributed by atoms with Crippen molar-refractivity contribution in [1.82, 2.24) is 0 Å². The van der Waals surface area contributed by atoms with Crippen LogP contribution in [-0.2, 0) is 43.3 Å². The van der Waals surface area contributed by atoms with E-state index in [9.17, 15) is 19.2 Å². The maximum absolute atomic E-state index is 14.5. The van der Waals surface area contributed by atoms with Crippen LogP contribution in [0.5, 0.6) is 46.0 Å². The van der Waals surface area contributed by atoms with E-state index in [-0.39, 0.29) is 44.3 Å². The molecule has 0 saturated heterocycles. The van der Waals surface area contributed by atoms with E-state index < -0.39 is 45.5 Å². The molecule has 0 aliphatic rings. The first-order chi connectivity index (χ1) is 64.1. The second-order valence-electron chi connectivity index (χ2n) is 38.7. The van der Waals surface area contributed by atoms with Crippen LogP contribution in [0.2, 0.25) is 0 Å². The van der Waals surface area contributed by atoms with Crippen molar-refractivity contribution in [3.8, 4) is 46.0 Å². The van der Waals surface area contributed by atoms with Gasteiger partial charge in [-0.3, -0.25) is 0 Å². The van der Waals surface area contributed by atoms with Crippen LogP contribution in [0.4, 0.5) is 0 Å². The van der Waals surface area contributed by atoms with E-state index in [0.717, 1.165) is 66.8 Å². The molecule has 0 unspecified atom stereocenters. The number of hydrogen-bond acceptors (Lipinski definition) is 10. The first kappa shape index (κ1) is 93.7. The minimum atomic E-state index is -0.597. The highest BCUT2D eigenvalue weighted by Gasteiger charge is 2.34. The lowest BCUT2D eigenvalue weighted by atomic mass is 9.77. The predicted molar refractivity (Wildman–Crippen MR) is 540 cm³/mol. The third-order valence-corrected chi connectivity index (χ3v) is 27.2. The third kappa shape index (κ3) is 20.8. The second-order valence-corrected chi connectivity index (χ2v) is 38.7. The van der Waals surface area contributed by atoms with E-state index in [1.165, 1.54) is 22.3 Å². The molecular weight excluding hydrogens is 1650 g/mol. The molecule has 0 N–H and O–H groups in total. The number of benzene rings is 16. The summed E-state index contributed by atoms with van der Waals surface area (Å²) in [5, 5.41) is 0. The minimum absolute atomic E-state index is 0.189. The topological polar surface area (TPSA) is 124 Å². The summed E-state index contributed by atoms with van der Waals surface area (Å²) in [6, 6.07) is 135. The molecule has 0 spiro atoms. The van der Waals surface area contributed by atoms with Gasteiger partial charge in [0.25, 0.3) is 0 Å². The molecule has 16 aromatic rings. The molecule has 0 saturated carbocycles. The largest absolute Gasteiger partial charge is 0.457 e. The fraction of sp³-hybridized carbons (Fsp3) is 0.194. The van der Waals surface area contributed by atoms with Crippen molar-refractivity contribution in [1.29, 1.82) is 0 Å². The summed E-state index contributed by atoms with van der Waals surface area (Å²) in [7, 11) is 0. The lowest BCUT2D eigenvalue weighted by Gasteiger charge is -2.28. The van der Waals surface area contributed by atoms with Crippen molar-refractivity contribution in [3.63, 3.8) is 0 Å². The summed E-state index contributed by atoms with van der Waals surface area (Å²) in [6.07, 6.45) is 0. The smallest absolute Gasteiger partial charge is 0.347 e. The molecule has 0 fully saturated rings. The van der Waals surface area contributed by atoms with Crippen LogP contribution in [0.3, 0.4) is 0 Å². The van der Waals surface area contributed by atoms with Gasteiger partial charge >= 0.3 is 23.9 Å². The molecule has 0 aromatic heterocycles. The highest BCUT2D eigenvalue weighted by molar-refractivity contribution is 5.97. The molecule has 134 heavy (non-hydrogen) atoms. The average Bonchev–Trinajstić information content (AvgIpc) is 0.766. The normalized spacial score (nSPS) is 12.0. The van der Waals surface area contributed by atoms with Crippen molar-refractivity contribution in [3.05, 3.63) is 524 Å². The zero-order valence-electron chi connectivity index (χ0n) is 79.3. The number of ether oxygens (including phenoxy) is 6. The Hall–Kier alpha value is -15.0. The predicted octanol–water partition coefficient (Wildman–Crippen LogP) is 30.4. The van der Waals surface area contributed by atoms with Crippen molar-refractivity contribution < 1.29 is 47.6 Å². The summed E-state index contributed by atoms with van der Waals surface area (Å²) in [5.41, 5.74) is 16.0. The van der Waals surface area contributed by atoms with Gasteiger partial charge in [-0.05, 0) is 210 Å². The Morgan fingerprint density at radius 2 is 0.328 bits per heavy atom. The molecule has 672 valence electrons. The molecule has 10 heteroatoms. The fourth-order valence-electron chi connectivity index (χ4n) is 17.4. The standard InChI is InChI=1S/2C62H58O5/c1-59(2,43-21-13-9-14-22-43)47-29-35-51(36-30-47)65-57(63)53-41-49(61(5,6)45-25-17-11-18-26-45)33-39-55(53)67-56-40-34-50(62(7,8)46-27-19-12-20-28-46)42-54(56)58(64)66-52-37-31-48(32-38-52)60(3,4)44-23-15-10-16-24-44;1-59(2,45-19-11-9-12-20-45)47-29-37-55(38-30-47)66-57(63)43-17-15-23-51(41-43)61(5,6)49-25-33-53(34-26-49)65-54-35-27-50(28-36-54)62(7,8)52-24-16-18-44(42-52)58(64)67-56-39-31-48(32-40-56)60(3,4)46-21-13-10-14-22-46/h2*9-42H,1-8H3. The van der Waals surface area contributed by atoms with Crippen LogP contribution >= 0.6 is 0 Å². The van der Waals surface area contributed by atoms with Gasteiger partial charge in [0.2, 0.25) is 0 Å². The number of carbonyl (C=O) groups is 4. The molecule has 0 amide bonds. The van der Waals surface area contributed by atoms with Gasteiger partial charge in [-0.25, -0.2) is 19.2 Å². The Bertz CT molecular complexity index is 6350. The van der Waals surface area contributed by atoms with Gasteiger partial charge < -0.3 is 28.4 Å². The van der Waals surface area contributed by atoms with E-state index in [4.69, 9.17) is 28.4 Å². The molecule has 0 aliphatic heterocycles. The van der Waals surface area contributed by atoms with Crippen molar-refractivity contribution >= 4 is 23.9 Å². The van der Waals surface area contributed by atoms with Crippen LogP contribution in [0.1, 0.15) is 241 Å². The summed E-state index contributed by atoms with van der Waals surface area (Å²) >= 11 is 0. The minimum Gasteiger partial charge on any atom is -0.457 e. The fourth-order valence-corrected chi connectivity index (χ4v) is 17.4. The lowest BCUT2D eigenvalue weighted by Crippen LogP contribution is -2.21. The molecule has 0 bridgehead atoms. The van der Waals surface area contributed by atoms with E-state index in [0.29, 0.717) is 45.6 Å². The first-order valence-corrected chi connectivity index (χ1v) is 45.8. The first-order valence-electron chi connectivity index (χ1n) is 45.8. The number of carbonyl (C=O) groups excluding carboxylic acids is 4. The molecule has 0 atom stereocenters. The van der Waals surface area contributed by atoms with Gasteiger partial charge in [-0.2, -0.15) is 0 Å². The third-order valence-electron chi connectivity index (χ3n) is 27.2. The monoisotopic (exact) mass is 1760 g/mol. The summed E-state index contributed by atoms with van der Waals surface area (Å²) in [6.45, 7) is 34.5. The van der Waals surface area contributed by atoms with E-state index in [1.54, 1.807) is 24.3 Å². The number of rotatable bonds is 28. The summed E-state index contributed by atoms with van der Waals surface area (Å²) in [4.78, 5) is 55.9. The van der Waals surface area contributed by atoms with Crippen molar-refractivity contribution in [2.45, 2.75) is 154 Å². The number of esters is 4. The quantitative estimate of drug-likeness (QED) is 0.0346. The number of hydrogen-bond donors (Lipinski definition) is 0. The Morgan fingerprint density at radius 3 is 0.552 bits per heavy atom. The Morgan fingerprint density at radius 1 is 0.157 bits per heavy atom. The van der Waals surface area contributed by atoms with Gasteiger partial charge in [0.1, 0.15) is 57.1 Å². The van der Waals surface area contributed by atoms with Crippen LogP contribution in [0, 0.1) is 0 Å². The van der Waals surface area contributed by atoms with Gasteiger partial charge in [-0.15, -0.1) is 0 Å². The van der Waals surface area contributed by atoms with Crippen molar-refractivity contribution in [2.24, 2.45) is 0 Å². The molecule has 0 radical (unpaired) electrons. The molecule has 16 aromatic carbocycles. The van der Waals surface area contributed by atoms with Gasteiger partial charge in [0.15, 0.2) is 0 Å². The Kier molecular flexibility index (Phi) is 27.4. The van der Waals surface area contributed by atoms with E-state index in [2.05, 4.69) is 232 Å². The SMILES string of the molecule is CC(C)(c1ccccc1)c1ccc(OC(=O)c2cc(C(C)(C)c3ccccc3)ccc2Oc2ccc(C(C)(C)c3ccccc3)cc2C(=O)Oc2ccc(C(C)(C)c3ccccc3)cc2)cc1.CC(C)(c1ccccc1)c1ccc(OC(=O)c2cccc(C(C)(C)c3ccc(Oc4ccc(C(C)(C)c5cccc(C(=O)Oc6ccc(C(C)(C)c7ccccc7)cc6)c5)cc4)cc3)c2)cc1. The molecule has 0 aliphatic carbocycles. The highest BCUT2D eigenvalue weighted by atomic mass is 16.6. The van der Waals surface area contributed by atoms with E-state index in [1.807, 2.05) is 267 Å². The highest BCUT2D eigenvalue weighted by Crippen LogP contribution is 2.44. The summed E-state index contributed by atoms with van der Waals surface area (Å²) < 4.78 is 37.0. The zero-order valence-corrected chi connectivity index (χ0v) is 79.3. The average molecular weight is 1770 g/mol. The maximum Gasteiger partial charge on any atom is 0.347 e. The molecule has 10 nitrogen and oxygen atoms in total. The zero-order chi connectivity index (χ0) is 94.8. The Balaban J connectivity index is 0.000000204. The molecular formula is C124H116O10. The summed E-state index contributed by atoms with van der Waals surface area (Å²) in [5.74, 6) is 1.68. The van der Waals surface area contributed by atoms with Crippen molar-refractivity contribution in [2.75, 3.05) is 0 Å².